The van der Waals surface area contributed by atoms with E-state index in [0.29, 0.717) is 62.5 Å². The van der Waals surface area contributed by atoms with E-state index in [0.717, 1.165) is 11.1 Å². The van der Waals surface area contributed by atoms with Crippen molar-refractivity contribution in [3.8, 4) is 0 Å². The minimum Gasteiger partial charge on any atom is -0.460 e. The Morgan fingerprint density at radius 1 is 0.809 bits per heavy atom. The molecular formula is C32H21N13OS. The lowest BCUT2D eigenvalue weighted by Gasteiger charge is -2.45. The van der Waals surface area contributed by atoms with Gasteiger partial charge in [0.25, 0.3) is 0 Å². The summed E-state index contributed by atoms with van der Waals surface area (Å²) in [5.74, 6) is 1.21. The van der Waals surface area contributed by atoms with Gasteiger partial charge in [-0.2, -0.15) is 5.21 Å². The largest absolute Gasteiger partial charge is 0.460 e. The van der Waals surface area contributed by atoms with E-state index >= 15 is 0 Å². The van der Waals surface area contributed by atoms with Crippen molar-refractivity contribution in [2.45, 2.75) is 11.3 Å². The van der Waals surface area contributed by atoms with Gasteiger partial charge in [0.05, 0.1) is 11.6 Å². The van der Waals surface area contributed by atoms with Crippen LogP contribution in [-0.4, -0.2) is 65.1 Å². The van der Waals surface area contributed by atoms with E-state index in [1.165, 1.54) is 11.5 Å². The summed E-state index contributed by atoms with van der Waals surface area (Å²) in [6.07, 6.45) is 13.8. The Bertz CT molecular complexity index is 2310. The minimum atomic E-state index is -1.21. The van der Waals surface area contributed by atoms with E-state index in [9.17, 15) is 0 Å². The third-order valence-electron chi connectivity index (χ3n) is 8.33. The number of rotatable bonds is 7. The number of nitrogens with zero attached hydrogens (tertiary/aromatic N) is 10. The van der Waals surface area contributed by atoms with Gasteiger partial charge in [-0.15, -0.1) is 15.3 Å². The number of aromatic amines is 3. The maximum atomic E-state index is 6.90. The number of furan rings is 1. The fraction of sp³-hybridized carbons (Fsp3) is 0.0625. The van der Waals surface area contributed by atoms with Crippen LogP contribution >= 0.6 is 11.5 Å². The number of H-pyrrole nitrogens is 3. The lowest BCUT2D eigenvalue weighted by atomic mass is 9.56. The first-order chi connectivity index (χ1) is 23.3. The van der Waals surface area contributed by atoms with Crippen molar-refractivity contribution in [2.75, 3.05) is 0 Å². The van der Waals surface area contributed by atoms with Crippen LogP contribution in [0.25, 0.3) is 33.3 Å². The summed E-state index contributed by atoms with van der Waals surface area (Å²) in [4.78, 5) is 30.9. The van der Waals surface area contributed by atoms with Crippen LogP contribution in [0.15, 0.2) is 108 Å². The van der Waals surface area contributed by atoms with Gasteiger partial charge in [-0.1, -0.05) is 22.7 Å². The third kappa shape index (κ3) is 4.10. The van der Waals surface area contributed by atoms with Crippen molar-refractivity contribution in [1.82, 2.24) is 65.1 Å². The first-order valence-corrected chi connectivity index (χ1v) is 15.3. The molecule has 0 saturated heterocycles. The molecule has 14 nitrogen and oxygen atoms in total. The average molecular weight is 636 g/mol. The number of fused-ring (bicyclic) bond motifs is 1. The second-order valence-corrected chi connectivity index (χ2v) is 11.3. The maximum absolute atomic E-state index is 6.90. The monoisotopic (exact) mass is 635 g/mol. The molecule has 1 aromatic carbocycles. The predicted octanol–water partition coefficient (Wildman–Crippen LogP) is 4.73. The van der Waals surface area contributed by atoms with Crippen LogP contribution in [0, 0.1) is 0 Å². The van der Waals surface area contributed by atoms with Crippen molar-refractivity contribution >= 4 is 44.8 Å². The highest BCUT2D eigenvalue weighted by atomic mass is 32.1. The first-order valence-electron chi connectivity index (χ1n) is 14.5. The molecule has 2 unspecified atom stereocenters. The predicted molar refractivity (Wildman–Crippen MR) is 171 cm³/mol. The normalized spacial score (nSPS) is 18.3. The van der Waals surface area contributed by atoms with E-state index < -0.39 is 11.3 Å². The smallest absolute Gasteiger partial charge is 0.205 e. The lowest BCUT2D eigenvalue weighted by molar-refractivity contribution is 0.434. The Morgan fingerprint density at radius 3 is 2.47 bits per heavy atom. The number of tetrazole rings is 1. The zero-order valence-corrected chi connectivity index (χ0v) is 25.0. The number of aromatic nitrogens is 13. The standard InChI is InChI=1S/C32H21N13OS/c1-2-6-21-18(5-1)15-23(46-21)32(22-7-3-8-35-22)27(19-16-33-11-12-34-19)26(29-36-9-4-10-37-29)25(30-41-43-44-42-30)24(20-17-47-45-40-20)28(32)31-38-13-14-39-31/h1-17,27,35H,(H,38,39)(H,41,42,43,44). The molecule has 15 heteroatoms. The molecule has 9 rings (SSSR count). The van der Waals surface area contributed by atoms with Crippen LogP contribution < -0.4 is 0 Å². The molecule has 7 aromatic heterocycles. The van der Waals surface area contributed by atoms with Crippen molar-refractivity contribution in [3.05, 3.63) is 144 Å². The molecule has 0 spiro atoms. The number of hydrogen-bond donors (Lipinski definition) is 3. The van der Waals surface area contributed by atoms with Crippen molar-refractivity contribution in [3.63, 3.8) is 0 Å². The summed E-state index contributed by atoms with van der Waals surface area (Å²) in [7, 11) is 0. The highest BCUT2D eigenvalue weighted by Gasteiger charge is 2.58. The van der Waals surface area contributed by atoms with Gasteiger partial charge in [0.2, 0.25) is 5.82 Å². The highest BCUT2D eigenvalue weighted by Crippen LogP contribution is 2.64. The fourth-order valence-electron chi connectivity index (χ4n) is 6.65. The summed E-state index contributed by atoms with van der Waals surface area (Å²) in [6, 6.07) is 15.7. The number of nitrogens with one attached hydrogen (secondary N) is 3. The van der Waals surface area contributed by atoms with Crippen LogP contribution in [0.4, 0.5) is 0 Å². The molecule has 1 aliphatic rings. The molecule has 0 radical (unpaired) electrons. The number of allylic oxidation sites excluding steroid dienone is 4. The van der Waals surface area contributed by atoms with Crippen LogP contribution in [0.2, 0.25) is 0 Å². The quantitative estimate of drug-likeness (QED) is 0.219. The van der Waals surface area contributed by atoms with Crippen molar-refractivity contribution in [1.29, 1.82) is 0 Å². The lowest BCUT2D eigenvalue weighted by Crippen LogP contribution is -2.41. The van der Waals surface area contributed by atoms with Crippen LogP contribution in [-0.2, 0) is 5.41 Å². The summed E-state index contributed by atoms with van der Waals surface area (Å²) >= 11 is 1.23. The van der Waals surface area contributed by atoms with Crippen molar-refractivity contribution in [2.24, 2.45) is 0 Å². The van der Waals surface area contributed by atoms with Gasteiger partial charge >= 0.3 is 0 Å². The van der Waals surface area contributed by atoms with Gasteiger partial charge in [0, 0.05) is 88.3 Å². The first kappa shape index (κ1) is 26.9. The molecule has 1 aliphatic carbocycles. The van der Waals surface area contributed by atoms with E-state index in [2.05, 4.69) is 51.2 Å². The summed E-state index contributed by atoms with van der Waals surface area (Å²) in [5, 5.41) is 23.0. The van der Waals surface area contributed by atoms with Gasteiger partial charge in [-0.25, -0.2) is 15.0 Å². The number of hydrogen-bond acceptors (Lipinski definition) is 12. The molecule has 7 heterocycles. The number of imidazole rings is 1. The minimum absolute atomic E-state index is 0.304. The number of benzene rings is 1. The van der Waals surface area contributed by atoms with Gasteiger partial charge in [-0.3, -0.25) is 9.97 Å². The van der Waals surface area contributed by atoms with Crippen LogP contribution in [0.3, 0.4) is 0 Å². The summed E-state index contributed by atoms with van der Waals surface area (Å²) < 4.78 is 11.2. The molecule has 0 fully saturated rings. The SMILES string of the molecule is c1cnc(C2=C(c3nn[nH]n3)C(c3csnn3)=C(c3ncc[nH]3)C(c3ccc[nH]3)(c3cc4ccccc4o3)C2c2cnccn2)nc1. The molecule has 47 heavy (non-hydrogen) atoms. The van der Waals surface area contributed by atoms with Gasteiger partial charge in [-0.05, 0) is 47.1 Å². The molecule has 0 aliphatic heterocycles. The van der Waals surface area contributed by atoms with Crippen LogP contribution in [0.1, 0.15) is 46.2 Å². The Morgan fingerprint density at radius 2 is 1.74 bits per heavy atom. The summed E-state index contributed by atoms with van der Waals surface area (Å²) in [6.45, 7) is 0. The maximum Gasteiger partial charge on any atom is 0.205 e. The van der Waals surface area contributed by atoms with E-state index in [1.807, 2.05) is 48.0 Å². The highest BCUT2D eigenvalue weighted by molar-refractivity contribution is 7.03. The zero-order valence-electron chi connectivity index (χ0n) is 24.2. The Kier molecular flexibility index (Phi) is 6.21. The third-order valence-corrected chi connectivity index (χ3v) is 8.83. The molecule has 3 N–H and O–H groups in total. The molecule has 0 amide bonds. The van der Waals surface area contributed by atoms with E-state index in [4.69, 9.17) is 24.4 Å². The van der Waals surface area contributed by atoms with Gasteiger partial charge in [0.15, 0.2) is 5.82 Å². The molecule has 0 bridgehead atoms. The fourth-order valence-corrected chi connectivity index (χ4v) is 7.09. The Labute approximate surface area is 269 Å². The summed E-state index contributed by atoms with van der Waals surface area (Å²) in [5.41, 5.74) is 4.08. The molecule has 8 aromatic rings. The van der Waals surface area contributed by atoms with E-state index in [1.54, 1.807) is 49.4 Å². The molecular weight excluding hydrogens is 615 g/mol. The second kappa shape index (κ2) is 10.8. The van der Waals surface area contributed by atoms with Crippen LogP contribution in [0.5, 0.6) is 0 Å². The Hall–Kier alpha value is -6.48. The Balaban J connectivity index is 1.57. The van der Waals surface area contributed by atoms with Crippen molar-refractivity contribution < 1.29 is 4.42 Å². The van der Waals surface area contributed by atoms with Gasteiger partial charge in [0.1, 0.15) is 28.3 Å². The van der Waals surface area contributed by atoms with E-state index in [-0.39, 0.29) is 0 Å². The average Bonchev–Trinajstić information content (AvgIpc) is 3.98. The molecule has 226 valence electrons. The van der Waals surface area contributed by atoms with Gasteiger partial charge < -0.3 is 14.4 Å². The number of para-hydroxylation sites is 1. The molecule has 0 saturated carbocycles. The second-order valence-electron chi connectivity index (χ2n) is 10.7. The zero-order chi connectivity index (χ0) is 31.2. The molecule has 2 atom stereocenters. The topological polar surface area (TPSA) is 189 Å².